The summed E-state index contributed by atoms with van der Waals surface area (Å²) in [5.41, 5.74) is 8.42. The fraction of sp³-hybridized carbons (Fsp3) is 0.625. The number of hydrogen-bond donors (Lipinski definition) is 1. The van der Waals surface area contributed by atoms with Crippen molar-refractivity contribution in [1.29, 1.82) is 0 Å². The molecule has 3 nitrogen and oxygen atoms in total. The molecule has 2 N–H and O–H groups in total. The molecule has 2 rings (SSSR count). The summed E-state index contributed by atoms with van der Waals surface area (Å²) in [4.78, 5) is 2.42. The molecular formula is C16H26N2O. The standard InChI is InChI=1S/C16H26N2O/c1-13(17)11-14-5-7-15(8-6-14)18-10-4-9-16(2,12-18)19-3/h5-8,13H,4,9-12,17H2,1-3H3. The van der Waals surface area contributed by atoms with Gasteiger partial charge in [-0.15, -0.1) is 0 Å². The SMILES string of the molecule is COC1(C)CCCN(c2ccc(CC(C)N)cc2)C1. The van der Waals surface area contributed by atoms with Crippen molar-refractivity contribution < 1.29 is 4.74 Å². The quantitative estimate of drug-likeness (QED) is 0.906. The van der Waals surface area contributed by atoms with Crippen LogP contribution in [0.4, 0.5) is 5.69 Å². The summed E-state index contributed by atoms with van der Waals surface area (Å²) >= 11 is 0. The molecule has 0 saturated carbocycles. The molecule has 19 heavy (non-hydrogen) atoms. The van der Waals surface area contributed by atoms with E-state index in [1.54, 1.807) is 0 Å². The van der Waals surface area contributed by atoms with E-state index in [0.717, 1.165) is 25.9 Å². The highest BCUT2D eigenvalue weighted by Gasteiger charge is 2.30. The molecule has 0 radical (unpaired) electrons. The predicted octanol–water partition coefficient (Wildman–Crippen LogP) is 2.58. The molecule has 0 spiro atoms. The first-order valence-electron chi connectivity index (χ1n) is 7.17. The molecule has 2 atom stereocenters. The second-order valence-electron chi connectivity index (χ2n) is 6.03. The van der Waals surface area contributed by atoms with Gasteiger partial charge in [0.2, 0.25) is 0 Å². The lowest BCUT2D eigenvalue weighted by Gasteiger charge is -2.40. The smallest absolute Gasteiger partial charge is 0.0825 e. The van der Waals surface area contributed by atoms with Crippen LogP contribution in [0.25, 0.3) is 0 Å². The molecule has 0 amide bonds. The summed E-state index contributed by atoms with van der Waals surface area (Å²) < 4.78 is 5.65. The normalized spacial score (nSPS) is 25.4. The number of piperidine rings is 1. The zero-order chi connectivity index (χ0) is 13.9. The number of methoxy groups -OCH3 is 1. The fourth-order valence-corrected chi connectivity index (χ4v) is 2.81. The third kappa shape index (κ3) is 3.71. The fourth-order valence-electron chi connectivity index (χ4n) is 2.81. The van der Waals surface area contributed by atoms with Crippen LogP contribution in [0.2, 0.25) is 0 Å². The minimum atomic E-state index is -0.0112. The highest BCUT2D eigenvalue weighted by Crippen LogP contribution is 2.28. The molecule has 1 aromatic carbocycles. The van der Waals surface area contributed by atoms with Gasteiger partial charge in [-0.3, -0.25) is 0 Å². The maximum atomic E-state index is 5.83. The third-order valence-corrected chi connectivity index (χ3v) is 4.01. The minimum absolute atomic E-state index is 0.0112. The Hall–Kier alpha value is -1.06. The van der Waals surface area contributed by atoms with E-state index < -0.39 is 0 Å². The molecule has 3 heteroatoms. The van der Waals surface area contributed by atoms with E-state index >= 15 is 0 Å². The summed E-state index contributed by atoms with van der Waals surface area (Å²) in [5.74, 6) is 0. The highest BCUT2D eigenvalue weighted by atomic mass is 16.5. The van der Waals surface area contributed by atoms with Crippen LogP contribution in [0.5, 0.6) is 0 Å². The number of benzene rings is 1. The van der Waals surface area contributed by atoms with Crippen LogP contribution in [0.3, 0.4) is 0 Å². The van der Waals surface area contributed by atoms with Crippen molar-refractivity contribution >= 4 is 5.69 Å². The van der Waals surface area contributed by atoms with E-state index in [2.05, 4.69) is 36.1 Å². The van der Waals surface area contributed by atoms with Gasteiger partial charge in [-0.1, -0.05) is 12.1 Å². The molecule has 1 aliphatic heterocycles. The van der Waals surface area contributed by atoms with Crippen LogP contribution in [-0.2, 0) is 11.2 Å². The van der Waals surface area contributed by atoms with Gasteiger partial charge in [0.15, 0.2) is 0 Å². The van der Waals surface area contributed by atoms with Crippen molar-refractivity contribution in [3.8, 4) is 0 Å². The van der Waals surface area contributed by atoms with Crippen molar-refractivity contribution in [2.24, 2.45) is 5.73 Å². The zero-order valence-corrected chi connectivity index (χ0v) is 12.4. The summed E-state index contributed by atoms with van der Waals surface area (Å²) in [7, 11) is 1.81. The topological polar surface area (TPSA) is 38.5 Å². The van der Waals surface area contributed by atoms with E-state index in [0.29, 0.717) is 0 Å². The van der Waals surface area contributed by atoms with Gasteiger partial charge in [0.25, 0.3) is 0 Å². The monoisotopic (exact) mass is 262 g/mol. The molecule has 1 aromatic rings. The van der Waals surface area contributed by atoms with Crippen molar-refractivity contribution in [1.82, 2.24) is 0 Å². The van der Waals surface area contributed by atoms with E-state index in [1.165, 1.54) is 17.7 Å². The summed E-state index contributed by atoms with van der Waals surface area (Å²) in [5, 5.41) is 0. The summed E-state index contributed by atoms with van der Waals surface area (Å²) in [6.45, 7) is 6.33. The average molecular weight is 262 g/mol. The number of nitrogens with zero attached hydrogens (tertiary/aromatic N) is 1. The molecule has 1 aliphatic rings. The first-order valence-corrected chi connectivity index (χ1v) is 7.17. The van der Waals surface area contributed by atoms with Crippen LogP contribution in [0, 0.1) is 0 Å². The Labute approximate surface area is 116 Å². The van der Waals surface area contributed by atoms with Crippen LogP contribution in [0.15, 0.2) is 24.3 Å². The molecule has 2 unspecified atom stereocenters. The maximum absolute atomic E-state index is 5.83. The van der Waals surface area contributed by atoms with Gasteiger partial charge in [0.1, 0.15) is 0 Å². The third-order valence-electron chi connectivity index (χ3n) is 4.01. The van der Waals surface area contributed by atoms with Gasteiger partial charge in [0.05, 0.1) is 5.60 Å². The van der Waals surface area contributed by atoms with Gasteiger partial charge in [-0.25, -0.2) is 0 Å². The van der Waals surface area contributed by atoms with Crippen molar-refractivity contribution in [2.75, 3.05) is 25.1 Å². The lowest BCUT2D eigenvalue weighted by Crippen LogP contribution is -2.47. The van der Waals surface area contributed by atoms with Crippen molar-refractivity contribution in [2.45, 2.75) is 44.8 Å². The zero-order valence-electron chi connectivity index (χ0n) is 12.4. The van der Waals surface area contributed by atoms with Crippen molar-refractivity contribution in [3.05, 3.63) is 29.8 Å². The van der Waals surface area contributed by atoms with Gasteiger partial charge < -0.3 is 15.4 Å². The largest absolute Gasteiger partial charge is 0.377 e. The Morgan fingerprint density at radius 3 is 2.63 bits per heavy atom. The Balaban J connectivity index is 2.05. The van der Waals surface area contributed by atoms with Gasteiger partial charge in [-0.2, -0.15) is 0 Å². The molecular weight excluding hydrogens is 236 g/mol. The molecule has 1 fully saturated rings. The first-order chi connectivity index (χ1) is 9.02. The number of ether oxygens (including phenoxy) is 1. The maximum Gasteiger partial charge on any atom is 0.0825 e. The van der Waals surface area contributed by atoms with Crippen LogP contribution < -0.4 is 10.6 Å². The molecule has 1 saturated heterocycles. The lowest BCUT2D eigenvalue weighted by atomic mass is 9.94. The van der Waals surface area contributed by atoms with Crippen LogP contribution >= 0.6 is 0 Å². The van der Waals surface area contributed by atoms with Gasteiger partial charge in [0, 0.05) is 31.9 Å². The van der Waals surface area contributed by atoms with Crippen LogP contribution in [-0.4, -0.2) is 31.8 Å². The van der Waals surface area contributed by atoms with Gasteiger partial charge in [-0.05, 0) is 50.8 Å². The number of hydrogen-bond acceptors (Lipinski definition) is 3. The summed E-state index contributed by atoms with van der Waals surface area (Å²) in [6.07, 6.45) is 3.27. The second kappa shape index (κ2) is 5.93. The predicted molar refractivity (Wildman–Crippen MR) is 80.7 cm³/mol. The Morgan fingerprint density at radius 1 is 1.37 bits per heavy atom. The Kier molecular flexibility index (Phi) is 4.48. The average Bonchev–Trinajstić information content (AvgIpc) is 2.39. The van der Waals surface area contributed by atoms with E-state index in [9.17, 15) is 0 Å². The molecule has 0 bridgehead atoms. The lowest BCUT2D eigenvalue weighted by molar-refractivity contribution is -0.00465. The second-order valence-corrected chi connectivity index (χ2v) is 6.03. The summed E-state index contributed by atoms with van der Waals surface area (Å²) in [6, 6.07) is 9.02. The highest BCUT2D eigenvalue weighted by molar-refractivity contribution is 5.48. The first kappa shape index (κ1) is 14.4. The van der Waals surface area contributed by atoms with Crippen molar-refractivity contribution in [3.63, 3.8) is 0 Å². The number of nitrogens with two attached hydrogens (primary N) is 1. The van der Waals surface area contributed by atoms with E-state index in [4.69, 9.17) is 10.5 Å². The van der Waals surface area contributed by atoms with E-state index in [-0.39, 0.29) is 11.6 Å². The molecule has 0 aromatic heterocycles. The van der Waals surface area contributed by atoms with E-state index in [1.807, 2.05) is 14.0 Å². The number of rotatable bonds is 4. The van der Waals surface area contributed by atoms with Gasteiger partial charge >= 0.3 is 0 Å². The Bertz CT molecular complexity index is 402. The molecule has 0 aliphatic carbocycles. The molecule has 106 valence electrons. The number of anilines is 1. The molecule has 1 heterocycles. The minimum Gasteiger partial charge on any atom is -0.377 e. The van der Waals surface area contributed by atoms with Crippen LogP contribution in [0.1, 0.15) is 32.3 Å². The Morgan fingerprint density at radius 2 is 2.05 bits per heavy atom.